The summed E-state index contributed by atoms with van der Waals surface area (Å²) in [7, 11) is -1.82. The molecule has 1 nitrogen and oxygen atoms in total. The molecule has 0 bridgehead atoms. The lowest BCUT2D eigenvalue weighted by Gasteiger charge is -2.38. The Bertz CT molecular complexity index is 508. The number of allylic oxidation sites excluding steroid dienone is 4. The van der Waals surface area contributed by atoms with Crippen molar-refractivity contribution < 1.29 is 0 Å². The first-order chi connectivity index (χ1) is 8.83. The van der Waals surface area contributed by atoms with Gasteiger partial charge in [-0.05, 0) is 45.8 Å². The molecule has 0 radical (unpaired) electrons. The number of nitrogens with one attached hydrogen (secondary N) is 1. The molecule has 1 aromatic carbocycles. The van der Waals surface area contributed by atoms with E-state index in [1.165, 1.54) is 10.8 Å². The van der Waals surface area contributed by atoms with Gasteiger partial charge >= 0.3 is 0 Å². The fourth-order valence-corrected chi connectivity index (χ4v) is 7.46. The summed E-state index contributed by atoms with van der Waals surface area (Å²) in [6.45, 7) is 11.5. The monoisotopic (exact) mass is 271 g/mol. The summed E-state index contributed by atoms with van der Waals surface area (Å²) in [6.07, 6.45) is 5.67. The summed E-state index contributed by atoms with van der Waals surface area (Å²) < 4.78 is 0. The normalized spacial score (nSPS) is 18.8. The first-order valence-electron chi connectivity index (χ1n) is 7.04. The summed E-state index contributed by atoms with van der Waals surface area (Å²) in [5, 5.41) is 3.09. The molecule has 0 aromatic heterocycles. The van der Waals surface area contributed by atoms with Crippen molar-refractivity contribution >= 4 is 13.4 Å². The molecule has 0 spiro atoms. The van der Waals surface area contributed by atoms with E-state index in [-0.39, 0.29) is 5.54 Å². The van der Waals surface area contributed by atoms with Gasteiger partial charge in [-0.2, -0.15) is 0 Å². The molecule has 2 heteroatoms. The van der Waals surface area contributed by atoms with Crippen molar-refractivity contribution in [2.24, 2.45) is 0 Å². The van der Waals surface area contributed by atoms with Crippen LogP contribution in [0.4, 0.5) is 0 Å². The molecule has 1 unspecified atom stereocenters. The lowest BCUT2D eigenvalue weighted by molar-refractivity contribution is 0.515. The highest BCUT2D eigenvalue weighted by atomic mass is 28.3. The standard InChI is InChI=1S/C17H25NSi/c1-14-10-9-13-16(14)19(5,18-17(2,3)4)15-11-7-6-8-12-15/h6-12,18H,13H2,1-5H3. The van der Waals surface area contributed by atoms with Gasteiger partial charge in [-0.1, -0.05) is 53.3 Å². The van der Waals surface area contributed by atoms with E-state index in [0.717, 1.165) is 6.42 Å². The van der Waals surface area contributed by atoms with Crippen molar-refractivity contribution in [2.75, 3.05) is 0 Å². The van der Waals surface area contributed by atoms with Gasteiger partial charge in [0.05, 0.1) is 0 Å². The van der Waals surface area contributed by atoms with Crippen LogP contribution in [-0.4, -0.2) is 13.8 Å². The molecule has 1 aliphatic carbocycles. The summed E-state index contributed by atoms with van der Waals surface area (Å²) >= 11 is 0. The van der Waals surface area contributed by atoms with Crippen LogP contribution in [0.5, 0.6) is 0 Å². The molecule has 0 fully saturated rings. The zero-order chi connectivity index (χ0) is 14.1. The van der Waals surface area contributed by atoms with Crippen LogP contribution in [0.25, 0.3) is 0 Å². The predicted molar refractivity (Wildman–Crippen MR) is 87.0 cm³/mol. The second kappa shape index (κ2) is 5.10. The van der Waals surface area contributed by atoms with Crippen molar-refractivity contribution in [3.05, 3.63) is 53.3 Å². The topological polar surface area (TPSA) is 12.0 Å². The molecule has 1 aromatic rings. The van der Waals surface area contributed by atoms with E-state index in [4.69, 9.17) is 0 Å². The number of benzene rings is 1. The van der Waals surface area contributed by atoms with Gasteiger partial charge in [0.1, 0.15) is 0 Å². The Kier molecular flexibility index (Phi) is 3.84. The second-order valence-electron chi connectivity index (χ2n) is 6.63. The van der Waals surface area contributed by atoms with Gasteiger partial charge in [0.15, 0.2) is 8.24 Å². The fraction of sp³-hybridized carbons (Fsp3) is 0.412. The van der Waals surface area contributed by atoms with E-state index >= 15 is 0 Å². The molecular weight excluding hydrogens is 246 g/mol. The Hall–Kier alpha value is -1.12. The maximum atomic E-state index is 3.96. The first-order valence-corrected chi connectivity index (χ1v) is 9.54. The summed E-state index contributed by atoms with van der Waals surface area (Å²) in [5.74, 6) is 0. The van der Waals surface area contributed by atoms with Gasteiger partial charge in [-0.25, -0.2) is 0 Å². The minimum Gasteiger partial charge on any atom is -0.326 e. The third-order valence-corrected chi connectivity index (χ3v) is 8.29. The van der Waals surface area contributed by atoms with E-state index in [0.29, 0.717) is 0 Å². The van der Waals surface area contributed by atoms with Gasteiger partial charge in [-0.3, -0.25) is 0 Å². The Balaban J connectivity index is 2.48. The highest BCUT2D eigenvalue weighted by Gasteiger charge is 2.38. The van der Waals surface area contributed by atoms with Crippen LogP contribution in [0.3, 0.4) is 0 Å². The van der Waals surface area contributed by atoms with Gasteiger partial charge in [-0.15, -0.1) is 0 Å². The average molecular weight is 271 g/mol. The number of rotatable bonds is 3. The zero-order valence-electron chi connectivity index (χ0n) is 12.7. The largest absolute Gasteiger partial charge is 0.326 e. The van der Waals surface area contributed by atoms with Gasteiger partial charge in [0.2, 0.25) is 0 Å². The third kappa shape index (κ3) is 3.07. The van der Waals surface area contributed by atoms with Crippen LogP contribution < -0.4 is 10.2 Å². The van der Waals surface area contributed by atoms with E-state index in [2.05, 4.69) is 81.7 Å². The van der Waals surface area contributed by atoms with E-state index < -0.39 is 8.24 Å². The zero-order valence-corrected chi connectivity index (χ0v) is 13.7. The SMILES string of the molecule is CC1=C([Si](C)(NC(C)(C)C)c2ccccc2)CC=C1. The van der Waals surface area contributed by atoms with Crippen LogP contribution in [0.15, 0.2) is 53.3 Å². The van der Waals surface area contributed by atoms with Crippen molar-refractivity contribution in [2.45, 2.75) is 46.2 Å². The average Bonchev–Trinajstić information content (AvgIpc) is 2.75. The predicted octanol–water partition coefficient (Wildman–Crippen LogP) is 3.67. The van der Waals surface area contributed by atoms with Crippen molar-refractivity contribution in [3.63, 3.8) is 0 Å². The quantitative estimate of drug-likeness (QED) is 0.827. The lowest BCUT2D eigenvalue weighted by atomic mass is 10.1. The van der Waals surface area contributed by atoms with Crippen molar-refractivity contribution in [1.29, 1.82) is 0 Å². The first kappa shape index (κ1) is 14.3. The lowest BCUT2D eigenvalue weighted by Crippen LogP contribution is -2.65. The van der Waals surface area contributed by atoms with Crippen LogP contribution >= 0.6 is 0 Å². The maximum Gasteiger partial charge on any atom is 0.183 e. The van der Waals surface area contributed by atoms with Crippen LogP contribution in [-0.2, 0) is 0 Å². The minimum atomic E-state index is -1.82. The molecule has 0 amide bonds. The second-order valence-corrected chi connectivity index (χ2v) is 10.3. The molecular formula is C17H25NSi. The highest BCUT2D eigenvalue weighted by molar-refractivity contribution is 6.95. The molecule has 1 atom stereocenters. The molecule has 0 heterocycles. The molecule has 0 saturated heterocycles. The van der Waals surface area contributed by atoms with E-state index in [1.807, 2.05) is 0 Å². The fourth-order valence-electron chi connectivity index (χ4n) is 3.06. The van der Waals surface area contributed by atoms with Gasteiger partial charge < -0.3 is 4.98 Å². The van der Waals surface area contributed by atoms with Crippen molar-refractivity contribution in [1.82, 2.24) is 4.98 Å². The molecule has 1 aliphatic rings. The third-order valence-electron chi connectivity index (χ3n) is 3.75. The molecule has 0 saturated carbocycles. The highest BCUT2D eigenvalue weighted by Crippen LogP contribution is 2.27. The van der Waals surface area contributed by atoms with Crippen LogP contribution in [0.2, 0.25) is 6.55 Å². The van der Waals surface area contributed by atoms with Crippen LogP contribution in [0.1, 0.15) is 34.1 Å². The van der Waals surface area contributed by atoms with E-state index in [9.17, 15) is 0 Å². The maximum absolute atomic E-state index is 3.96. The molecule has 19 heavy (non-hydrogen) atoms. The Morgan fingerprint density at radius 3 is 2.21 bits per heavy atom. The van der Waals surface area contributed by atoms with Crippen LogP contribution in [0, 0.1) is 0 Å². The summed E-state index contributed by atoms with van der Waals surface area (Å²) in [5.41, 5.74) is 1.59. The van der Waals surface area contributed by atoms with Gasteiger partial charge in [0.25, 0.3) is 0 Å². The van der Waals surface area contributed by atoms with Gasteiger partial charge in [0, 0.05) is 5.54 Å². The Labute approximate surface area is 118 Å². The Morgan fingerprint density at radius 2 is 1.74 bits per heavy atom. The molecule has 1 N–H and O–H groups in total. The smallest absolute Gasteiger partial charge is 0.183 e. The summed E-state index contributed by atoms with van der Waals surface area (Å²) in [6, 6.07) is 11.0. The van der Waals surface area contributed by atoms with E-state index in [1.54, 1.807) is 5.20 Å². The number of hydrogen-bond donors (Lipinski definition) is 1. The summed E-state index contributed by atoms with van der Waals surface area (Å²) in [4.78, 5) is 3.96. The molecule has 0 aliphatic heterocycles. The molecule has 102 valence electrons. The van der Waals surface area contributed by atoms with Crippen molar-refractivity contribution in [3.8, 4) is 0 Å². The Morgan fingerprint density at radius 1 is 1.11 bits per heavy atom. The number of hydrogen-bond acceptors (Lipinski definition) is 1. The minimum absolute atomic E-state index is 0.132. The molecule has 2 rings (SSSR count).